The molecule has 1 spiro atoms. The lowest BCUT2D eigenvalue weighted by Crippen LogP contribution is -2.61. The number of carbonyl (C=O) groups is 1. The molecule has 3 aliphatic rings. The molecule has 0 saturated carbocycles. The van der Waals surface area contributed by atoms with Crippen LogP contribution in [-0.4, -0.2) is 41.1 Å². The van der Waals surface area contributed by atoms with E-state index in [1.165, 1.54) is 14.2 Å². The first-order valence-corrected chi connectivity index (χ1v) is 12.2. The van der Waals surface area contributed by atoms with Crippen molar-refractivity contribution in [3.8, 4) is 23.0 Å². The first-order chi connectivity index (χ1) is 17.5. The van der Waals surface area contributed by atoms with Crippen molar-refractivity contribution in [1.29, 1.82) is 0 Å². The summed E-state index contributed by atoms with van der Waals surface area (Å²) in [5.74, 6) is -0.204. The molecular formula is C27H23N3O5S. The molecule has 3 aromatic carbocycles. The van der Waals surface area contributed by atoms with Crippen molar-refractivity contribution in [2.45, 2.75) is 18.3 Å². The molecule has 3 aliphatic heterocycles. The summed E-state index contributed by atoms with van der Waals surface area (Å²) in [5, 5.41) is 20.0. The summed E-state index contributed by atoms with van der Waals surface area (Å²) in [6.45, 7) is 0. The Morgan fingerprint density at radius 3 is 2.53 bits per heavy atom. The Morgan fingerprint density at radius 1 is 1.11 bits per heavy atom. The van der Waals surface area contributed by atoms with E-state index in [4.69, 9.17) is 19.3 Å². The van der Waals surface area contributed by atoms with Crippen molar-refractivity contribution in [2.75, 3.05) is 14.2 Å². The van der Waals surface area contributed by atoms with E-state index >= 15 is 0 Å². The Bertz CT molecular complexity index is 1400. The summed E-state index contributed by atoms with van der Waals surface area (Å²) in [4.78, 5) is 13.4. The number of hydrogen-bond donors (Lipinski definition) is 2. The third kappa shape index (κ3) is 3.46. The van der Waals surface area contributed by atoms with Gasteiger partial charge in [-0.2, -0.15) is 5.10 Å². The molecule has 1 amide bonds. The first kappa shape index (κ1) is 22.4. The van der Waals surface area contributed by atoms with Gasteiger partial charge in [-0.1, -0.05) is 48.5 Å². The maximum atomic E-state index is 12.8. The summed E-state index contributed by atoms with van der Waals surface area (Å²) in [7, 11) is 2.94. The molecule has 0 aliphatic carbocycles. The summed E-state index contributed by atoms with van der Waals surface area (Å²) in [5.41, 5.74) is 3.62. The van der Waals surface area contributed by atoms with Crippen LogP contribution >= 0.6 is 11.8 Å². The lowest BCUT2D eigenvalue weighted by atomic mass is 9.95. The van der Waals surface area contributed by atoms with Gasteiger partial charge in [-0.05, 0) is 47.2 Å². The van der Waals surface area contributed by atoms with Gasteiger partial charge in [-0.15, -0.1) is 0 Å². The number of methoxy groups -OCH3 is 2. The van der Waals surface area contributed by atoms with E-state index in [9.17, 15) is 9.90 Å². The standard InChI is InChI=1S/C27H23N3O5S/c1-33-22-12-16(13-23(34-2)25(22)31)14-24-27(28-26(32)36-24)30-20(18-10-6-7-11-21(18)35-27)15-19(29-30)17-8-4-3-5-9-17/h3-14,20,31H,15H2,1-2H3,(H,28,32)/b24-14-. The van der Waals surface area contributed by atoms with Gasteiger partial charge < -0.3 is 19.3 Å². The van der Waals surface area contributed by atoms with Gasteiger partial charge in [-0.25, -0.2) is 5.01 Å². The number of hydrazone groups is 1. The van der Waals surface area contributed by atoms with Gasteiger partial charge in [0.1, 0.15) is 5.75 Å². The van der Waals surface area contributed by atoms with Crippen molar-refractivity contribution < 1.29 is 24.1 Å². The number of phenolic OH excluding ortho intramolecular Hbond substituents is 1. The van der Waals surface area contributed by atoms with E-state index in [0.717, 1.165) is 28.6 Å². The fourth-order valence-electron chi connectivity index (χ4n) is 4.82. The van der Waals surface area contributed by atoms with Crippen LogP contribution in [0.2, 0.25) is 0 Å². The van der Waals surface area contributed by atoms with Gasteiger partial charge in [-0.3, -0.25) is 10.1 Å². The number of ether oxygens (including phenoxy) is 3. The Morgan fingerprint density at radius 2 is 1.81 bits per heavy atom. The predicted octanol–water partition coefficient (Wildman–Crippen LogP) is 5.10. The molecule has 2 atom stereocenters. The summed E-state index contributed by atoms with van der Waals surface area (Å²) < 4.78 is 17.2. The molecule has 36 heavy (non-hydrogen) atoms. The van der Waals surface area contributed by atoms with Crippen LogP contribution in [0.4, 0.5) is 4.79 Å². The van der Waals surface area contributed by atoms with E-state index in [-0.39, 0.29) is 28.5 Å². The fraction of sp³-hybridized carbons (Fsp3) is 0.185. The van der Waals surface area contributed by atoms with Crippen LogP contribution in [-0.2, 0) is 0 Å². The maximum Gasteiger partial charge on any atom is 0.314 e. The smallest absolute Gasteiger partial charge is 0.314 e. The van der Waals surface area contributed by atoms with E-state index in [1.807, 2.05) is 65.7 Å². The second-order valence-corrected chi connectivity index (χ2v) is 9.57. The SMILES string of the molecule is COc1cc(/C=C2\SC(=O)NC23Oc2ccccc2C2CC(c4ccccc4)=NN23)cc(OC)c1O. The highest BCUT2D eigenvalue weighted by Gasteiger charge is 2.58. The van der Waals surface area contributed by atoms with Gasteiger partial charge >= 0.3 is 5.85 Å². The Labute approximate surface area is 212 Å². The third-order valence-electron chi connectivity index (χ3n) is 6.48. The highest BCUT2D eigenvalue weighted by molar-refractivity contribution is 8.17. The van der Waals surface area contributed by atoms with Gasteiger partial charge in [0.2, 0.25) is 5.75 Å². The minimum Gasteiger partial charge on any atom is -0.502 e. The van der Waals surface area contributed by atoms with E-state index in [0.29, 0.717) is 22.6 Å². The number of benzene rings is 3. The Balaban J connectivity index is 1.51. The topological polar surface area (TPSA) is 92.6 Å². The number of fused-ring (bicyclic) bond motifs is 4. The number of rotatable bonds is 4. The monoisotopic (exact) mass is 501 g/mol. The van der Waals surface area contributed by atoms with Crippen LogP contribution in [0.25, 0.3) is 6.08 Å². The molecular weight excluding hydrogens is 478 g/mol. The number of amides is 1. The zero-order valence-corrected chi connectivity index (χ0v) is 20.4. The van der Waals surface area contributed by atoms with Crippen LogP contribution in [0.5, 0.6) is 23.0 Å². The van der Waals surface area contributed by atoms with Crippen LogP contribution in [0, 0.1) is 0 Å². The molecule has 8 nitrogen and oxygen atoms in total. The van der Waals surface area contributed by atoms with Crippen LogP contribution < -0.4 is 19.5 Å². The Hall–Kier alpha value is -4.11. The minimum absolute atomic E-state index is 0.0929. The van der Waals surface area contributed by atoms with Crippen LogP contribution in [0.3, 0.4) is 0 Å². The second kappa shape index (κ2) is 8.53. The molecule has 1 saturated heterocycles. The third-order valence-corrected chi connectivity index (χ3v) is 7.39. The average Bonchev–Trinajstić information content (AvgIpc) is 3.48. The van der Waals surface area contributed by atoms with E-state index in [1.54, 1.807) is 12.1 Å². The summed E-state index contributed by atoms with van der Waals surface area (Å²) >= 11 is 1.05. The van der Waals surface area contributed by atoms with Gasteiger partial charge in [0.05, 0.1) is 30.9 Å². The average molecular weight is 502 g/mol. The molecule has 0 aromatic heterocycles. The largest absolute Gasteiger partial charge is 0.502 e. The lowest BCUT2D eigenvalue weighted by Gasteiger charge is -2.45. The molecule has 2 N–H and O–H groups in total. The van der Waals surface area contributed by atoms with Gasteiger partial charge in [0.15, 0.2) is 11.5 Å². The van der Waals surface area contributed by atoms with Crippen LogP contribution in [0.15, 0.2) is 76.7 Å². The molecule has 1 fully saturated rings. The summed E-state index contributed by atoms with van der Waals surface area (Å²) in [6, 6.07) is 21.1. The fourth-order valence-corrected chi connectivity index (χ4v) is 5.73. The number of aromatic hydroxyl groups is 1. The number of phenols is 1. The molecule has 0 bridgehead atoms. The highest BCUT2D eigenvalue weighted by Crippen LogP contribution is 2.53. The summed E-state index contributed by atoms with van der Waals surface area (Å²) in [6.07, 6.45) is 2.49. The van der Waals surface area contributed by atoms with E-state index in [2.05, 4.69) is 5.32 Å². The van der Waals surface area contributed by atoms with E-state index < -0.39 is 5.85 Å². The maximum absolute atomic E-state index is 12.8. The number of carbonyl (C=O) groups excluding carboxylic acids is 1. The van der Waals surface area contributed by atoms with Crippen molar-refractivity contribution in [1.82, 2.24) is 10.3 Å². The first-order valence-electron chi connectivity index (χ1n) is 11.4. The predicted molar refractivity (Wildman–Crippen MR) is 137 cm³/mol. The molecule has 0 radical (unpaired) electrons. The number of hydrogen-bond acceptors (Lipinski definition) is 8. The molecule has 9 heteroatoms. The number of thioether (sulfide) groups is 1. The normalized spacial score (nSPS) is 23.1. The zero-order valence-electron chi connectivity index (χ0n) is 19.6. The van der Waals surface area contributed by atoms with Crippen molar-refractivity contribution in [2.24, 2.45) is 5.10 Å². The number of para-hydroxylation sites is 1. The zero-order chi connectivity index (χ0) is 24.9. The minimum atomic E-state index is -1.32. The van der Waals surface area contributed by atoms with Crippen LogP contribution in [0.1, 0.15) is 29.2 Å². The van der Waals surface area contributed by atoms with Gasteiger partial charge in [0.25, 0.3) is 5.24 Å². The number of nitrogens with one attached hydrogen (secondary N) is 1. The molecule has 182 valence electrons. The van der Waals surface area contributed by atoms with Crippen molar-refractivity contribution in [3.63, 3.8) is 0 Å². The molecule has 6 rings (SSSR count). The quantitative estimate of drug-likeness (QED) is 0.514. The molecule has 3 heterocycles. The lowest BCUT2D eigenvalue weighted by molar-refractivity contribution is -0.0949. The molecule has 3 aromatic rings. The van der Waals surface area contributed by atoms with Crippen molar-refractivity contribution in [3.05, 3.63) is 88.3 Å². The number of nitrogens with zero attached hydrogens (tertiary/aromatic N) is 2. The second-order valence-electron chi connectivity index (χ2n) is 8.56. The van der Waals surface area contributed by atoms with Crippen molar-refractivity contribution >= 4 is 28.8 Å². The highest BCUT2D eigenvalue weighted by atomic mass is 32.2. The Kier molecular flexibility index (Phi) is 5.30. The molecule has 2 unspecified atom stereocenters. The van der Waals surface area contributed by atoms with Gasteiger partial charge in [0, 0.05) is 12.0 Å².